The van der Waals surface area contributed by atoms with E-state index in [-0.39, 0.29) is 26.3 Å². The van der Waals surface area contributed by atoms with Crippen LogP contribution in [-0.4, -0.2) is 23.2 Å². The first-order chi connectivity index (χ1) is 5.72. The maximum atomic E-state index is 10.9. The Labute approximate surface area is 101 Å². The Morgan fingerprint density at radius 2 is 1.54 bits per heavy atom. The quantitative estimate of drug-likeness (QED) is 0.587. The molecular formula is C9H19MoNOS. The minimum Gasteiger partial charge on any atom is -0.334 e. The second kappa shape index (κ2) is 10.6. The number of unbranched alkanes of at least 4 members (excludes halogenated alkanes) is 2. The normalized spacial score (nSPS) is 9.15. The molecule has 0 saturated carbocycles. The van der Waals surface area contributed by atoms with Crippen molar-refractivity contribution in [3.63, 3.8) is 0 Å². The predicted octanol–water partition coefficient (Wildman–Crippen LogP) is 2.94. The van der Waals surface area contributed by atoms with Gasteiger partial charge in [-0.1, -0.05) is 39.3 Å². The van der Waals surface area contributed by atoms with Crippen molar-refractivity contribution < 1.29 is 25.9 Å². The summed E-state index contributed by atoms with van der Waals surface area (Å²) in [5.74, 6) is 0. The van der Waals surface area contributed by atoms with Gasteiger partial charge in [-0.25, -0.2) is 0 Å². The fraction of sp³-hybridized carbons (Fsp3) is 0.889. The summed E-state index contributed by atoms with van der Waals surface area (Å²) in [7, 11) is 0. The van der Waals surface area contributed by atoms with Crippen molar-refractivity contribution in [3.8, 4) is 0 Å². The fourth-order valence-electron chi connectivity index (χ4n) is 1.00. The first kappa shape index (κ1) is 16.0. The molecule has 0 unspecified atom stereocenters. The second-order valence-corrected chi connectivity index (χ2v) is 3.36. The molecule has 0 saturated heterocycles. The number of hydrogen-bond acceptors (Lipinski definition) is 1. The average molecular weight is 285 g/mol. The summed E-state index contributed by atoms with van der Waals surface area (Å²) in [5.41, 5.74) is 0. The van der Waals surface area contributed by atoms with Crippen LogP contribution in [0.4, 0.5) is 4.79 Å². The van der Waals surface area contributed by atoms with E-state index in [4.69, 9.17) is 0 Å². The molecule has 0 aromatic rings. The van der Waals surface area contributed by atoms with Gasteiger partial charge in [0.05, 0.1) is 0 Å². The van der Waals surface area contributed by atoms with E-state index in [0.717, 1.165) is 38.8 Å². The van der Waals surface area contributed by atoms with Gasteiger partial charge in [-0.05, 0) is 12.8 Å². The molecule has 0 atom stereocenters. The Morgan fingerprint density at radius 1 is 1.15 bits per heavy atom. The van der Waals surface area contributed by atoms with Crippen LogP contribution in [0.2, 0.25) is 0 Å². The molecule has 4 heteroatoms. The number of carbonyl (C=O) groups excluding carboxylic acids is 1. The summed E-state index contributed by atoms with van der Waals surface area (Å²) < 4.78 is 0. The molecule has 0 heterocycles. The molecule has 78 valence electrons. The van der Waals surface area contributed by atoms with Crippen molar-refractivity contribution in [2.24, 2.45) is 0 Å². The van der Waals surface area contributed by atoms with Crippen LogP contribution in [0.1, 0.15) is 39.5 Å². The smallest absolute Gasteiger partial charge is 0.278 e. The minimum absolute atomic E-state index is 0. The molecule has 0 spiro atoms. The number of thiol groups is 1. The van der Waals surface area contributed by atoms with Gasteiger partial charge >= 0.3 is 0 Å². The summed E-state index contributed by atoms with van der Waals surface area (Å²) in [6.45, 7) is 5.97. The van der Waals surface area contributed by atoms with Crippen molar-refractivity contribution in [1.29, 1.82) is 0 Å². The number of carbonyl (C=O) groups is 1. The van der Waals surface area contributed by atoms with Crippen molar-refractivity contribution >= 4 is 17.9 Å². The van der Waals surface area contributed by atoms with E-state index >= 15 is 0 Å². The summed E-state index contributed by atoms with van der Waals surface area (Å²) in [4.78, 5) is 12.8. The van der Waals surface area contributed by atoms with Crippen LogP contribution < -0.4 is 0 Å². The van der Waals surface area contributed by atoms with Crippen molar-refractivity contribution in [3.05, 3.63) is 0 Å². The molecular weight excluding hydrogens is 266 g/mol. The maximum absolute atomic E-state index is 10.9. The first-order valence-electron chi connectivity index (χ1n) is 4.70. The molecule has 1 amide bonds. The zero-order valence-electron chi connectivity index (χ0n) is 8.45. The van der Waals surface area contributed by atoms with Crippen LogP contribution in [0.3, 0.4) is 0 Å². The van der Waals surface area contributed by atoms with Crippen LogP contribution in [0, 0.1) is 0 Å². The van der Waals surface area contributed by atoms with Gasteiger partial charge < -0.3 is 4.90 Å². The average Bonchev–Trinajstić information content (AvgIpc) is 2.04. The van der Waals surface area contributed by atoms with Crippen LogP contribution in [0.25, 0.3) is 0 Å². The number of amides is 1. The molecule has 0 aliphatic carbocycles. The Morgan fingerprint density at radius 3 is 1.77 bits per heavy atom. The molecule has 2 nitrogen and oxygen atoms in total. The monoisotopic (exact) mass is 287 g/mol. The Balaban J connectivity index is 0. The maximum Gasteiger partial charge on any atom is 0.278 e. The molecule has 0 rings (SSSR count). The van der Waals surface area contributed by atoms with E-state index in [1.165, 1.54) is 0 Å². The molecule has 0 bridgehead atoms. The van der Waals surface area contributed by atoms with Crippen molar-refractivity contribution in [2.45, 2.75) is 39.5 Å². The molecule has 0 aromatic carbocycles. The van der Waals surface area contributed by atoms with E-state index in [0.29, 0.717) is 0 Å². The molecule has 0 aliphatic rings. The predicted molar refractivity (Wildman–Crippen MR) is 55.8 cm³/mol. The number of hydrogen-bond donors (Lipinski definition) is 1. The van der Waals surface area contributed by atoms with Gasteiger partial charge in [0.1, 0.15) is 0 Å². The third-order valence-electron chi connectivity index (χ3n) is 1.83. The van der Waals surface area contributed by atoms with Gasteiger partial charge in [0.15, 0.2) is 0 Å². The van der Waals surface area contributed by atoms with Crippen molar-refractivity contribution in [1.82, 2.24) is 4.90 Å². The number of rotatable bonds is 6. The third-order valence-corrected chi connectivity index (χ3v) is 2.12. The summed E-state index contributed by atoms with van der Waals surface area (Å²) >= 11 is 3.83. The minimum atomic E-state index is -0.0862. The van der Waals surface area contributed by atoms with E-state index in [1.54, 1.807) is 0 Å². The van der Waals surface area contributed by atoms with E-state index in [2.05, 4.69) is 26.5 Å². The Kier molecular flexibility index (Phi) is 13.0. The standard InChI is InChI=1S/C9H19NOS.Mo/c1-3-5-7-10(9(11)12)8-6-4-2;/h3-8H2,1-2H3,(H,11,12);. The summed E-state index contributed by atoms with van der Waals surface area (Å²) in [5, 5.41) is -0.0862. The first-order valence-corrected chi connectivity index (χ1v) is 5.15. The Bertz CT molecular complexity index is 125. The molecule has 0 fully saturated rings. The molecule has 0 radical (unpaired) electrons. The number of nitrogens with zero attached hydrogens (tertiary/aromatic N) is 1. The molecule has 0 aromatic heterocycles. The van der Waals surface area contributed by atoms with Gasteiger partial charge in [-0.15, -0.1) is 0 Å². The van der Waals surface area contributed by atoms with E-state index in [1.807, 2.05) is 4.90 Å². The third kappa shape index (κ3) is 8.83. The van der Waals surface area contributed by atoms with E-state index in [9.17, 15) is 4.79 Å². The zero-order valence-corrected chi connectivity index (χ0v) is 11.4. The SMILES string of the molecule is CCCCN(CCCC)C(=O)S.[Mo]. The molecule has 0 aliphatic heterocycles. The van der Waals surface area contributed by atoms with Crippen LogP contribution >= 0.6 is 12.6 Å². The van der Waals surface area contributed by atoms with Gasteiger partial charge in [0.25, 0.3) is 5.24 Å². The topological polar surface area (TPSA) is 20.3 Å². The van der Waals surface area contributed by atoms with Crippen LogP contribution in [0.5, 0.6) is 0 Å². The fourth-order valence-corrected chi connectivity index (χ4v) is 1.20. The summed E-state index contributed by atoms with van der Waals surface area (Å²) in [6, 6.07) is 0. The van der Waals surface area contributed by atoms with Gasteiger partial charge in [-0.2, -0.15) is 0 Å². The van der Waals surface area contributed by atoms with Gasteiger partial charge in [-0.3, -0.25) is 4.79 Å². The van der Waals surface area contributed by atoms with Crippen LogP contribution in [0.15, 0.2) is 0 Å². The molecule has 0 N–H and O–H groups in total. The van der Waals surface area contributed by atoms with Gasteiger partial charge in [0, 0.05) is 34.2 Å². The zero-order chi connectivity index (χ0) is 9.40. The second-order valence-electron chi connectivity index (χ2n) is 2.98. The Hall–Kier alpha value is 0.508. The van der Waals surface area contributed by atoms with E-state index < -0.39 is 0 Å². The van der Waals surface area contributed by atoms with Crippen molar-refractivity contribution in [2.75, 3.05) is 13.1 Å². The largest absolute Gasteiger partial charge is 0.334 e. The summed E-state index contributed by atoms with van der Waals surface area (Å²) in [6.07, 6.45) is 4.42. The van der Waals surface area contributed by atoms with Gasteiger partial charge in [0.2, 0.25) is 0 Å². The molecule has 13 heavy (non-hydrogen) atoms. The van der Waals surface area contributed by atoms with Crippen LogP contribution in [-0.2, 0) is 21.1 Å².